The fourth-order valence-electron chi connectivity index (χ4n) is 4.64. The number of hydrogen-bond donors (Lipinski definition) is 1. The molecule has 3 rings (SSSR count). The van der Waals surface area contributed by atoms with E-state index in [1.54, 1.807) is 4.90 Å². The van der Waals surface area contributed by atoms with Gasteiger partial charge in [-0.25, -0.2) is 17.5 Å². The van der Waals surface area contributed by atoms with Crippen molar-refractivity contribution in [1.82, 2.24) is 9.21 Å². The van der Waals surface area contributed by atoms with E-state index in [4.69, 9.17) is 0 Å². The maximum absolute atomic E-state index is 13.0. The number of fused-ring (bicyclic) bond motifs is 1. The average Bonchev–Trinajstić information content (AvgIpc) is 2.93. The first-order valence-electron chi connectivity index (χ1n) is 8.79. The van der Waals surface area contributed by atoms with E-state index in [2.05, 4.69) is 0 Å². The standard InChI is InChI=1S/C16H26N2O5S/c1-24(22,23)17-8-6-11(7-9-17)15(19)18-13-5-3-2-4-12(13)10-14(18)16(20)21/h11-14H,2-10H2,1H3,(H,20,21)/t12-,13-,14+/m1/s1. The third kappa shape index (κ3) is 3.31. The number of carbonyl (C=O) groups is 2. The van der Waals surface area contributed by atoms with Gasteiger partial charge in [0.15, 0.2) is 0 Å². The summed E-state index contributed by atoms with van der Waals surface area (Å²) < 4.78 is 24.6. The second kappa shape index (κ2) is 6.63. The van der Waals surface area contributed by atoms with Gasteiger partial charge in [0.1, 0.15) is 6.04 Å². The highest BCUT2D eigenvalue weighted by Crippen LogP contribution is 2.41. The van der Waals surface area contributed by atoms with Gasteiger partial charge in [-0.1, -0.05) is 12.8 Å². The molecule has 7 nitrogen and oxygen atoms in total. The summed E-state index contributed by atoms with van der Waals surface area (Å²) in [5.41, 5.74) is 0. The van der Waals surface area contributed by atoms with Crippen molar-refractivity contribution in [3.63, 3.8) is 0 Å². The van der Waals surface area contributed by atoms with Gasteiger partial charge < -0.3 is 10.0 Å². The minimum atomic E-state index is -3.22. The summed E-state index contributed by atoms with van der Waals surface area (Å²) in [6, 6.07) is -0.654. The number of carbonyl (C=O) groups excluding carboxylic acids is 1. The minimum Gasteiger partial charge on any atom is -0.480 e. The maximum atomic E-state index is 13.0. The zero-order chi connectivity index (χ0) is 17.5. The molecule has 3 aliphatic rings. The summed E-state index contributed by atoms with van der Waals surface area (Å²) >= 11 is 0. The molecule has 2 aliphatic heterocycles. The summed E-state index contributed by atoms with van der Waals surface area (Å²) in [7, 11) is -3.22. The number of rotatable bonds is 3. The van der Waals surface area contributed by atoms with Gasteiger partial charge in [-0.2, -0.15) is 0 Å². The molecule has 0 radical (unpaired) electrons. The lowest BCUT2D eigenvalue weighted by molar-refractivity contribution is -0.152. The molecule has 1 aliphatic carbocycles. The van der Waals surface area contributed by atoms with E-state index in [-0.39, 0.29) is 17.9 Å². The third-order valence-electron chi connectivity index (χ3n) is 5.90. The van der Waals surface area contributed by atoms with Gasteiger partial charge in [0, 0.05) is 25.0 Å². The normalized spacial score (nSPS) is 32.5. The Balaban J connectivity index is 1.72. The number of nitrogens with zero attached hydrogens (tertiary/aromatic N) is 2. The number of amides is 1. The first-order chi connectivity index (χ1) is 11.3. The van der Waals surface area contributed by atoms with Crippen LogP contribution in [0.5, 0.6) is 0 Å². The molecule has 0 aromatic carbocycles. The van der Waals surface area contributed by atoms with Crippen LogP contribution in [0, 0.1) is 11.8 Å². The van der Waals surface area contributed by atoms with Crippen molar-refractivity contribution in [3.05, 3.63) is 0 Å². The molecule has 3 fully saturated rings. The van der Waals surface area contributed by atoms with Gasteiger partial charge in [0.2, 0.25) is 15.9 Å². The molecule has 136 valence electrons. The Labute approximate surface area is 143 Å². The molecule has 0 bridgehead atoms. The zero-order valence-electron chi connectivity index (χ0n) is 14.1. The monoisotopic (exact) mass is 358 g/mol. The van der Waals surface area contributed by atoms with Crippen LogP contribution in [0.2, 0.25) is 0 Å². The molecule has 8 heteroatoms. The highest BCUT2D eigenvalue weighted by molar-refractivity contribution is 7.88. The lowest BCUT2D eigenvalue weighted by Crippen LogP contribution is -2.51. The Morgan fingerprint density at radius 1 is 1.04 bits per heavy atom. The van der Waals surface area contributed by atoms with Gasteiger partial charge in [-0.3, -0.25) is 4.79 Å². The highest BCUT2D eigenvalue weighted by Gasteiger charge is 2.49. The van der Waals surface area contributed by atoms with Crippen LogP contribution < -0.4 is 0 Å². The van der Waals surface area contributed by atoms with Gasteiger partial charge in [0.25, 0.3) is 0 Å². The van der Waals surface area contributed by atoms with E-state index in [1.165, 1.54) is 10.6 Å². The van der Waals surface area contributed by atoms with Crippen molar-refractivity contribution < 1.29 is 23.1 Å². The molecule has 0 aromatic rings. The zero-order valence-corrected chi connectivity index (χ0v) is 14.9. The number of likely N-dealkylation sites (tertiary alicyclic amines) is 1. The fourth-order valence-corrected chi connectivity index (χ4v) is 5.52. The SMILES string of the molecule is CS(=O)(=O)N1CCC(C(=O)N2[C@@H]3CCCC[C@@H]3C[C@H]2C(=O)O)CC1. The van der Waals surface area contributed by atoms with Gasteiger partial charge >= 0.3 is 5.97 Å². The van der Waals surface area contributed by atoms with Crippen molar-refractivity contribution >= 4 is 21.9 Å². The first-order valence-corrected chi connectivity index (χ1v) is 10.6. The average molecular weight is 358 g/mol. The van der Waals surface area contributed by atoms with E-state index in [9.17, 15) is 23.1 Å². The quantitative estimate of drug-likeness (QED) is 0.809. The van der Waals surface area contributed by atoms with Crippen LogP contribution in [0.3, 0.4) is 0 Å². The molecule has 1 N–H and O–H groups in total. The van der Waals surface area contributed by atoms with Crippen LogP contribution in [0.25, 0.3) is 0 Å². The number of carboxylic acid groups (broad SMARTS) is 1. The van der Waals surface area contributed by atoms with Crippen LogP contribution in [0.4, 0.5) is 0 Å². The molecule has 2 heterocycles. The third-order valence-corrected chi connectivity index (χ3v) is 7.20. The summed E-state index contributed by atoms with van der Waals surface area (Å²) in [5, 5.41) is 9.55. The van der Waals surface area contributed by atoms with E-state index in [1.807, 2.05) is 0 Å². The van der Waals surface area contributed by atoms with E-state index < -0.39 is 22.0 Å². The second-order valence-corrected chi connectivity index (χ2v) is 9.37. The Morgan fingerprint density at radius 3 is 2.25 bits per heavy atom. The number of piperidine rings is 1. The van der Waals surface area contributed by atoms with Crippen LogP contribution >= 0.6 is 0 Å². The Morgan fingerprint density at radius 2 is 1.67 bits per heavy atom. The molecule has 0 aromatic heterocycles. The topological polar surface area (TPSA) is 95.0 Å². The summed E-state index contributed by atoms with van der Waals surface area (Å²) in [5.74, 6) is -0.943. The van der Waals surface area contributed by atoms with Crippen LogP contribution in [0.15, 0.2) is 0 Å². The van der Waals surface area contributed by atoms with Crippen molar-refractivity contribution in [3.8, 4) is 0 Å². The number of aliphatic carboxylic acids is 1. The molecular weight excluding hydrogens is 332 g/mol. The lowest BCUT2D eigenvalue weighted by atomic mass is 9.84. The number of hydrogen-bond acceptors (Lipinski definition) is 4. The lowest BCUT2D eigenvalue weighted by Gasteiger charge is -2.37. The molecule has 1 saturated carbocycles. The number of sulfonamides is 1. The van der Waals surface area contributed by atoms with Crippen molar-refractivity contribution in [2.45, 2.75) is 57.0 Å². The molecule has 24 heavy (non-hydrogen) atoms. The summed E-state index contributed by atoms with van der Waals surface area (Å²) in [6.45, 7) is 0.684. The van der Waals surface area contributed by atoms with Crippen LogP contribution in [0.1, 0.15) is 44.9 Å². The molecule has 2 saturated heterocycles. The van der Waals surface area contributed by atoms with Crippen LogP contribution in [-0.4, -0.2) is 66.0 Å². The maximum Gasteiger partial charge on any atom is 0.326 e. The Kier molecular flexibility index (Phi) is 4.88. The van der Waals surface area contributed by atoms with E-state index in [0.29, 0.717) is 38.3 Å². The fraction of sp³-hybridized carbons (Fsp3) is 0.875. The van der Waals surface area contributed by atoms with Crippen molar-refractivity contribution in [2.24, 2.45) is 11.8 Å². The Bertz CT molecular complexity index is 612. The van der Waals surface area contributed by atoms with Crippen LogP contribution in [-0.2, 0) is 19.6 Å². The first kappa shape index (κ1) is 17.7. The summed E-state index contributed by atoms with van der Waals surface area (Å²) in [6.07, 6.45) is 6.76. The van der Waals surface area contributed by atoms with E-state index in [0.717, 1.165) is 25.7 Å². The second-order valence-electron chi connectivity index (χ2n) is 7.38. The predicted octanol–water partition coefficient (Wildman–Crippen LogP) is 0.902. The largest absolute Gasteiger partial charge is 0.480 e. The molecular formula is C16H26N2O5S. The molecule has 1 amide bonds. The Hall–Kier alpha value is -1.15. The van der Waals surface area contributed by atoms with Gasteiger partial charge in [-0.05, 0) is 38.0 Å². The van der Waals surface area contributed by atoms with Gasteiger partial charge in [0.05, 0.1) is 6.26 Å². The summed E-state index contributed by atoms with van der Waals surface area (Å²) in [4.78, 5) is 26.3. The van der Waals surface area contributed by atoms with E-state index >= 15 is 0 Å². The predicted molar refractivity (Wildman–Crippen MR) is 87.8 cm³/mol. The minimum absolute atomic E-state index is 0.0558. The number of carboxylic acids is 1. The van der Waals surface area contributed by atoms with Crippen molar-refractivity contribution in [2.75, 3.05) is 19.3 Å². The van der Waals surface area contributed by atoms with Gasteiger partial charge in [-0.15, -0.1) is 0 Å². The molecule has 3 atom stereocenters. The molecule has 0 unspecified atom stereocenters. The molecule has 0 spiro atoms. The smallest absolute Gasteiger partial charge is 0.326 e. The highest BCUT2D eigenvalue weighted by atomic mass is 32.2. The van der Waals surface area contributed by atoms with Crippen molar-refractivity contribution in [1.29, 1.82) is 0 Å².